The molecular formula is C14H20O2S. The Hall–Kier alpha value is -0.830. The second-order valence-electron chi connectivity index (χ2n) is 5.42. The predicted molar refractivity (Wildman–Crippen MR) is 71.0 cm³/mol. The Morgan fingerprint density at radius 1 is 1.12 bits per heavy atom. The Morgan fingerprint density at radius 2 is 1.65 bits per heavy atom. The number of hydrogen-bond donors (Lipinski definition) is 0. The van der Waals surface area contributed by atoms with Crippen molar-refractivity contribution in [2.24, 2.45) is 0 Å². The lowest BCUT2D eigenvalue weighted by atomic mass is 9.80. The topological polar surface area (TPSA) is 34.1 Å². The van der Waals surface area contributed by atoms with E-state index in [2.05, 4.69) is 31.2 Å². The van der Waals surface area contributed by atoms with Crippen LogP contribution in [-0.2, 0) is 15.3 Å². The van der Waals surface area contributed by atoms with E-state index < -0.39 is 9.84 Å². The Morgan fingerprint density at radius 3 is 2.12 bits per heavy atom. The molecule has 1 aromatic carbocycles. The summed E-state index contributed by atoms with van der Waals surface area (Å²) in [6.07, 6.45) is 5.64. The molecule has 0 N–H and O–H groups in total. The Bertz CT molecular complexity index is 479. The van der Waals surface area contributed by atoms with Crippen LogP contribution in [0.25, 0.3) is 0 Å². The van der Waals surface area contributed by atoms with Crippen molar-refractivity contribution < 1.29 is 8.42 Å². The van der Waals surface area contributed by atoms with Crippen LogP contribution in [-0.4, -0.2) is 20.4 Å². The van der Waals surface area contributed by atoms with Gasteiger partial charge in [0.05, 0.1) is 5.75 Å². The molecule has 0 unspecified atom stereocenters. The average Bonchev–Trinajstić information content (AvgIpc) is 2.65. The van der Waals surface area contributed by atoms with Crippen LogP contribution in [0.5, 0.6) is 0 Å². The molecule has 1 aliphatic rings. The van der Waals surface area contributed by atoms with Gasteiger partial charge >= 0.3 is 0 Å². The summed E-state index contributed by atoms with van der Waals surface area (Å²) >= 11 is 0. The summed E-state index contributed by atoms with van der Waals surface area (Å²) in [5, 5.41) is 0. The quantitative estimate of drug-likeness (QED) is 0.829. The van der Waals surface area contributed by atoms with Gasteiger partial charge < -0.3 is 0 Å². The van der Waals surface area contributed by atoms with Crippen LogP contribution in [0.15, 0.2) is 24.3 Å². The molecule has 0 atom stereocenters. The Balaban J connectivity index is 2.37. The highest BCUT2D eigenvalue weighted by molar-refractivity contribution is 7.90. The molecule has 1 aliphatic carbocycles. The van der Waals surface area contributed by atoms with Crippen LogP contribution in [0.1, 0.15) is 36.8 Å². The molecule has 0 aromatic heterocycles. The number of aryl methyl sites for hydroxylation is 1. The largest absolute Gasteiger partial charge is 0.229 e. The summed E-state index contributed by atoms with van der Waals surface area (Å²) in [6.45, 7) is 2.06. The van der Waals surface area contributed by atoms with Crippen molar-refractivity contribution >= 4 is 9.84 Å². The summed E-state index contributed by atoms with van der Waals surface area (Å²) < 4.78 is 23.3. The third-order valence-corrected chi connectivity index (χ3v) is 4.84. The van der Waals surface area contributed by atoms with E-state index in [-0.39, 0.29) is 5.41 Å². The number of benzene rings is 1. The zero-order valence-corrected chi connectivity index (χ0v) is 11.4. The van der Waals surface area contributed by atoms with Gasteiger partial charge in [-0.25, -0.2) is 8.42 Å². The van der Waals surface area contributed by atoms with Gasteiger partial charge in [0.25, 0.3) is 0 Å². The lowest BCUT2D eigenvalue weighted by Gasteiger charge is -2.28. The molecule has 2 rings (SSSR count). The summed E-state index contributed by atoms with van der Waals surface area (Å²) in [7, 11) is -2.92. The van der Waals surface area contributed by atoms with Crippen molar-refractivity contribution in [3.63, 3.8) is 0 Å². The van der Waals surface area contributed by atoms with E-state index in [0.29, 0.717) is 5.75 Å². The number of rotatable bonds is 3. The van der Waals surface area contributed by atoms with Crippen LogP contribution in [0.2, 0.25) is 0 Å². The smallest absolute Gasteiger partial charge is 0.148 e. The van der Waals surface area contributed by atoms with E-state index in [1.807, 2.05) is 0 Å². The van der Waals surface area contributed by atoms with Gasteiger partial charge in [0.2, 0.25) is 0 Å². The van der Waals surface area contributed by atoms with Crippen LogP contribution >= 0.6 is 0 Å². The fourth-order valence-corrected chi connectivity index (χ4v) is 4.44. The van der Waals surface area contributed by atoms with Crippen LogP contribution < -0.4 is 0 Å². The van der Waals surface area contributed by atoms with Gasteiger partial charge in [-0.15, -0.1) is 0 Å². The first kappa shape index (κ1) is 12.6. The van der Waals surface area contributed by atoms with Gasteiger partial charge in [0, 0.05) is 11.7 Å². The second kappa shape index (κ2) is 4.45. The van der Waals surface area contributed by atoms with Gasteiger partial charge in [-0.2, -0.15) is 0 Å². The van der Waals surface area contributed by atoms with Crippen molar-refractivity contribution in [2.45, 2.75) is 38.0 Å². The lowest BCUT2D eigenvalue weighted by Crippen LogP contribution is -2.31. The van der Waals surface area contributed by atoms with Crippen molar-refractivity contribution in [2.75, 3.05) is 12.0 Å². The van der Waals surface area contributed by atoms with Crippen molar-refractivity contribution in [1.29, 1.82) is 0 Å². The van der Waals surface area contributed by atoms with Crippen LogP contribution in [0.4, 0.5) is 0 Å². The molecule has 0 amide bonds. The fraction of sp³-hybridized carbons (Fsp3) is 0.571. The normalized spacial score (nSPS) is 19.4. The summed E-state index contributed by atoms with van der Waals surface area (Å²) in [5.74, 6) is 0.295. The van der Waals surface area contributed by atoms with Gasteiger partial charge in [0.15, 0.2) is 0 Å². The first-order chi connectivity index (χ1) is 7.91. The summed E-state index contributed by atoms with van der Waals surface area (Å²) in [6, 6.07) is 8.37. The molecule has 1 fully saturated rings. The molecule has 0 aliphatic heterocycles. The molecule has 17 heavy (non-hydrogen) atoms. The number of sulfone groups is 1. The minimum Gasteiger partial charge on any atom is -0.229 e. The van der Waals surface area contributed by atoms with Gasteiger partial charge in [0.1, 0.15) is 9.84 Å². The monoisotopic (exact) mass is 252 g/mol. The molecule has 0 bridgehead atoms. The molecule has 0 spiro atoms. The standard InChI is InChI=1S/C14H20O2S/c1-12-5-7-13(8-6-12)14(9-3-4-10-14)11-17(2,15)16/h5-8H,3-4,9-11H2,1-2H3. The molecule has 0 heterocycles. The third-order valence-electron chi connectivity index (χ3n) is 3.76. The second-order valence-corrected chi connectivity index (χ2v) is 7.56. The van der Waals surface area contributed by atoms with Gasteiger partial charge in [-0.3, -0.25) is 0 Å². The third kappa shape index (κ3) is 2.89. The zero-order chi connectivity index (χ0) is 12.5. The highest BCUT2D eigenvalue weighted by Gasteiger charge is 2.38. The summed E-state index contributed by atoms with van der Waals surface area (Å²) in [5.41, 5.74) is 2.30. The maximum absolute atomic E-state index is 11.6. The van der Waals surface area contributed by atoms with Crippen LogP contribution in [0, 0.1) is 6.92 Å². The molecule has 2 nitrogen and oxygen atoms in total. The van der Waals surface area contributed by atoms with Gasteiger partial charge in [-0.05, 0) is 25.3 Å². The zero-order valence-electron chi connectivity index (χ0n) is 10.6. The van der Waals surface area contributed by atoms with Gasteiger partial charge in [-0.1, -0.05) is 42.7 Å². The number of hydrogen-bond acceptors (Lipinski definition) is 2. The van der Waals surface area contributed by atoms with E-state index in [4.69, 9.17) is 0 Å². The SMILES string of the molecule is Cc1ccc(C2(CS(C)(=O)=O)CCCC2)cc1. The minimum absolute atomic E-state index is 0.124. The fourth-order valence-electron chi connectivity index (χ4n) is 2.98. The van der Waals surface area contributed by atoms with Crippen molar-refractivity contribution in [3.8, 4) is 0 Å². The first-order valence-corrected chi connectivity index (χ1v) is 8.22. The summed E-state index contributed by atoms with van der Waals surface area (Å²) in [4.78, 5) is 0. The lowest BCUT2D eigenvalue weighted by molar-refractivity contribution is 0.483. The van der Waals surface area contributed by atoms with Crippen LogP contribution in [0.3, 0.4) is 0 Å². The predicted octanol–water partition coefficient (Wildman–Crippen LogP) is 2.85. The molecule has 0 radical (unpaired) electrons. The van der Waals surface area contributed by atoms with E-state index in [0.717, 1.165) is 25.7 Å². The molecule has 1 aromatic rings. The van der Waals surface area contributed by atoms with E-state index >= 15 is 0 Å². The molecule has 1 saturated carbocycles. The van der Waals surface area contributed by atoms with E-state index in [1.54, 1.807) is 0 Å². The molecule has 3 heteroatoms. The van der Waals surface area contributed by atoms with Crippen molar-refractivity contribution in [1.82, 2.24) is 0 Å². The maximum Gasteiger partial charge on any atom is 0.148 e. The molecule has 0 saturated heterocycles. The van der Waals surface area contributed by atoms with E-state index in [9.17, 15) is 8.42 Å². The first-order valence-electron chi connectivity index (χ1n) is 6.16. The molecule has 94 valence electrons. The highest BCUT2D eigenvalue weighted by atomic mass is 32.2. The Labute approximate surface area is 104 Å². The van der Waals surface area contributed by atoms with E-state index in [1.165, 1.54) is 17.4 Å². The minimum atomic E-state index is -2.92. The maximum atomic E-state index is 11.6. The molecular weight excluding hydrogens is 232 g/mol. The highest BCUT2D eigenvalue weighted by Crippen LogP contribution is 2.42. The Kier molecular flexibility index (Phi) is 3.30. The average molecular weight is 252 g/mol. The van der Waals surface area contributed by atoms with Crippen molar-refractivity contribution in [3.05, 3.63) is 35.4 Å².